The molecule has 16 heavy (non-hydrogen) atoms. The van der Waals surface area contributed by atoms with E-state index < -0.39 is 0 Å². The van der Waals surface area contributed by atoms with Crippen molar-refractivity contribution >= 4 is 5.69 Å². The highest BCUT2D eigenvalue weighted by atomic mass is 14.9. The van der Waals surface area contributed by atoms with Crippen LogP contribution < -0.4 is 5.32 Å². The zero-order valence-corrected chi connectivity index (χ0v) is 12.3. The predicted octanol–water partition coefficient (Wildman–Crippen LogP) is 5.18. The van der Waals surface area contributed by atoms with Crippen molar-refractivity contribution in [3.8, 4) is 0 Å². The fourth-order valence-corrected chi connectivity index (χ4v) is 1.29. The monoisotopic (exact) mass is 223 g/mol. The topological polar surface area (TPSA) is 12.0 Å². The molecule has 1 heteroatoms. The van der Waals surface area contributed by atoms with E-state index in [0.29, 0.717) is 6.04 Å². The van der Waals surface area contributed by atoms with Gasteiger partial charge < -0.3 is 5.32 Å². The van der Waals surface area contributed by atoms with Crippen LogP contribution in [0.25, 0.3) is 0 Å². The van der Waals surface area contributed by atoms with Gasteiger partial charge in [0.05, 0.1) is 0 Å². The summed E-state index contributed by atoms with van der Waals surface area (Å²) in [6, 6.07) is 6.99. The molecule has 1 nitrogen and oxygen atoms in total. The Labute approximate surface area is 102 Å². The molecule has 0 radical (unpaired) electrons. The zero-order valence-electron chi connectivity index (χ0n) is 12.3. The first-order chi connectivity index (χ1) is 7.59. The fraction of sp³-hybridized carbons (Fsp3) is 0.600. The Balaban J connectivity index is 0. The first-order valence-corrected chi connectivity index (χ1v) is 6.43. The minimum Gasteiger partial charge on any atom is -0.383 e. The normalized spacial score (nSPS) is 8.56. The van der Waals surface area contributed by atoms with Crippen molar-refractivity contribution in [1.82, 2.24) is 0 Å². The van der Waals surface area contributed by atoms with E-state index in [9.17, 15) is 0 Å². The lowest BCUT2D eigenvalue weighted by molar-refractivity contribution is 0.897. The van der Waals surface area contributed by atoms with Crippen LogP contribution >= 0.6 is 0 Å². The van der Waals surface area contributed by atoms with Gasteiger partial charge in [0, 0.05) is 11.7 Å². The molecular formula is C15H29N. The first-order valence-electron chi connectivity index (χ1n) is 6.43. The summed E-state index contributed by atoms with van der Waals surface area (Å²) in [6.45, 7) is 16.6. The van der Waals surface area contributed by atoms with Crippen molar-refractivity contribution in [1.29, 1.82) is 0 Å². The van der Waals surface area contributed by atoms with Gasteiger partial charge in [-0.15, -0.1) is 0 Å². The summed E-state index contributed by atoms with van der Waals surface area (Å²) in [4.78, 5) is 0. The molecule has 0 aliphatic carbocycles. The Kier molecular flexibility index (Phi) is 11.5. The van der Waals surface area contributed by atoms with E-state index in [4.69, 9.17) is 0 Å². The predicted molar refractivity (Wildman–Crippen MR) is 77.4 cm³/mol. The summed E-state index contributed by atoms with van der Waals surface area (Å²) < 4.78 is 0. The number of benzene rings is 1. The molecule has 0 aliphatic heterocycles. The van der Waals surface area contributed by atoms with Crippen LogP contribution in [0.3, 0.4) is 0 Å². The molecule has 0 bridgehead atoms. The Bertz CT molecular complexity index is 264. The van der Waals surface area contributed by atoms with Gasteiger partial charge in [0.1, 0.15) is 0 Å². The molecule has 0 spiro atoms. The highest BCUT2D eigenvalue weighted by Crippen LogP contribution is 2.16. The van der Waals surface area contributed by atoms with Gasteiger partial charge in [-0.3, -0.25) is 0 Å². The molecule has 1 rings (SSSR count). The Morgan fingerprint density at radius 2 is 1.44 bits per heavy atom. The number of nitrogens with one attached hydrogen (secondary N) is 1. The average Bonchev–Trinajstić information content (AvgIpc) is 2.28. The van der Waals surface area contributed by atoms with Gasteiger partial charge in [-0.05, 0) is 39.3 Å². The van der Waals surface area contributed by atoms with E-state index >= 15 is 0 Å². The number of hydrogen-bond acceptors (Lipinski definition) is 1. The zero-order chi connectivity index (χ0) is 13.1. The molecule has 1 aromatic carbocycles. The summed E-state index contributed by atoms with van der Waals surface area (Å²) in [5, 5.41) is 3.40. The van der Waals surface area contributed by atoms with Crippen molar-refractivity contribution in [3.05, 3.63) is 29.3 Å². The minimum atomic E-state index is 0.506. The maximum absolute atomic E-state index is 3.40. The minimum absolute atomic E-state index is 0.506. The van der Waals surface area contributed by atoms with Gasteiger partial charge >= 0.3 is 0 Å². The summed E-state index contributed by atoms with van der Waals surface area (Å²) in [7, 11) is 0. The molecule has 94 valence electrons. The molecule has 0 fully saturated rings. The van der Waals surface area contributed by atoms with Crippen LogP contribution in [0, 0.1) is 13.8 Å². The third kappa shape index (κ3) is 7.33. The van der Waals surface area contributed by atoms with Crippen LogP contribution in [-0.4, -0.2) is 6.04 Å². The summed E-state index contributed by atoms with van der Waals surface area (Å²) in [5.41, 5.74) is 3.89. The van der Waals surface area contributed by atoms with E-state index in [0.717, 1.165) is 0 Å². The second kappa shape index (κ2) is 10.5. The number of aryl methyl sites for hydroxylation is 2. The van der Waals surface area contributed by atoms with Gasteiger partial charge in [-0.2, -0.15) is 0 Å². The number of anilines is 1. The quantitative estimate of drug-likeness (QED) is 0.728. The lowest BCUT2D eigenvalue weighted by atomic mass is 10.1. The molecule has 1 aromatic rings. The summed E-state index contributed by atoms with van der Waals surface area (Å²) in [6.07, 6.45) is 0. The van der Waals surface area contributed by atoms with Crippen molar-refractivity contribution < 1.29 is 0 Å². The van der Waals surface area contributed by atoms with Crippen molar-refractivity contribution in [2.45, 2.75) is 61.4 Å². The fourth-order valence-electron chi connectivity index (χ4n) is 1.29. The van der Waals surface area contributed by atoms with E-state index in [1.54, 1.807) is 0 Å². The molecule has 0 saturated carbocycles. The van der Waals surface area contributed by atoms with Crippen LogP contribution in [0.15, 0.2) is 18.2 Å². The highest BCUT2D eigenvalue weighted by molar-refractivity contribution is 5.52. The molecule has 0 amide bonds. The average molecular weight is 223 g/mol. The Morgan fingerprint density at radius 3 is 1.81 bits per heavy atom. The third-order valence-corrected chi connectivity index (χ3v) is 1.83. The molecule has 0 atom stereocenters. The Morgan fingerprint density at radius 1 is 0.938 bits per heavy atom. The molecule has 1 N–H and O–H groups in total. The van der Waals surface area contributed by atoms with Crippen LogP contribution in [0.2, 0.25) is 0 Å². The van der Waals surface area contributed by atoms with E-state index in [1.807, 2.05) is 27.7 Å². The molecule has 0 aromatic heterocycles. The van der Waals surface area contributed by atoms with Gasteiger partial charge in [-0.1, -0.05) is 45.4 Å². The number of rotatable bonds is 2. The number of hydrogen-bond donors (Lipinski definition) is 1. The molecular weight excluding hydrogens is 194 g/mol. The van der Waals surface area contributed by atoms with E-state index in [-0.39, 0.29) is 0 Å². The van der Waals surface area contributed by atoms with Gasteiger partial charge in [0.2, 0.25) is 0 Å². The molecule has 0 aliphatic rings. The second-order valence-electron chi connectivity index (χ2n) is 3.62. The third-order valence-electron chi connectivity index (χ3n) is 1.83. The van der Waals surface area contributed by atoms with E-state index in [2.05, 4.69) is 51.2 Å². The standard InChI is InChI=1S/C11H17N.2C2H6/c1-8(2)12-11-6-5-9(3)7-10(11)4;2*1-2/h5-8,12H,1-4H3;2*1-2H3. The SMILES string of the molecule is CC.CC.Cc1ccc(NC(C)C)c(C)c1. The van der Waals surface area contributed by atoms with Gasteiger partial charge in [0.15, 0.2) is 0 Å². The second-order valence-corrected chi connectivity index (χ2v) is 3.62. The van der Waals surface area contributed by atoms with Crippen LogP contribution in [0.5, 0.6) is 0 Å². The highest BCUT2D eigenvalue weighted by Gasteiger charge is 1.98. The lowest BCUT2D eigenvalue weighted by Gasteiger charge is -2.12. The van der Waals surface area contributed by atoms with Gasteiger partial charge in [-0.25, -0.2) is 0 Å². The largest absolute Gasteiger partial charge is 0.383 e. The maximum Gasteiger partial charge on any atom is 0.0372 e. The van der Waals surface area contributed by atoms with Crippen molar-refractivity contribution in [3.63, 3.8) is 0 Å². The van der Waals surface area contributed by atoms with Gasteiger partial charge in [0.25, 0.3) is 0 Å². The van der Waals surface area contributed by atoms with Crippen LogP contribution in [0.4, 0.5) is 5.69 Å². The molecule has 0 heterocycles. The van der Waals surface area contributed by atoms with Crippen molar-refractivity contribution in [2.24, 2.45) is 0 Å². The summed E-state index contributed by atoms with van der Waals surface area (Å²) in [5.74, 6) is 0. The summed E-state index contributed by atoms with van der Waals surface area (Å²) >= 11 is 0. The van der Waals surface area contributed by atoms with Crippen LogP contribution in [-0.2, 0) is 0 Å². The molecule has 0 saturated heterocycles. The molecule has 0 unspecified atom stereocenters. The smallest absolute Gasteiger partial charge is 0.0372 e. The Hall–Kier alpha value is -0.980. The van der Waals surface area contributed by atoms with E-state index in [1.165, 1.54) is 16.8 Å². The maximum atomic E-state index is 3.40. The lowest BCUT2D eigenvalue weighted by Crippen LogP contribution is -2.10. The van der Waals surface area contributed by atoms with Crippen LogP contribution in [0.1, 0.15) is 52.7 Å². The first kappa shape index (κ1) is 17.4. The van der Waals surface area contributed by atoms with Crippen molar-refractivity contribution in [2.75, 3.05) is 5.32 Å².